The lowest BCUT2D eigenvalue weighted by Gasteiger charge is -2.44. The molecular formula is C14H27N. The Hall–Kier alpha value is -0.0400. The summed E-state index contributed by atoms with van der Waals surface area (Å²) in [5.74, 6) is 3.18. The normalized spacial score (nSPS) is 33.0. The molecule has 0 aromatic carbocycles. The van der Waals surface area contributed by atoms with Gasteiger partial charge in [0.1, 0.15) is 0 Å². The molecule has 1 nitrogen and oxygen atoms in total. The molecule has 2 rings (SSSR count). The summed E-state index contributed by atoms with van der Waals surface area (Å²) in [5.41, 5.74) is 0. The molecule has 0 aromatic heterocycles. The highest BCUT2D eigenvalue weighted by Gasteiger charge is 2.36. The second kappa shape index (κ2) is 5.34. The zero-order valence-corrected chi connectivity index (χ0v) is 10.5. The van der Waals surface area contributed by atoms with Crippen molar-refractivity contribution < 1.29 is 0 Å². The molecule has 2 saturated carbocycles. The van der Waals surface area contributed by atoms with Crippen LogP contribution in [0.25, 0.3) is 0 Å². The molecule has 0 aliphatic heterocycles. The van der Waals surface area contributed by atoms with E-state index in [4.69, 9.17) is 0 Å². The summed E-state index contributed by atoms with van der Waals surface area (Å²) >= 11 is 0. The van der Waals surface area contributed by atoms with Gasteiger partial charge in [0.15, 0.2) is 0 Å². The van der Waals surface area contributed by atoms with E-state index in [0.29, 0.717) is 6.04 Å². The van der Waals surface area contributed by atoms with Crippen LogP contribution < -0.4 is 5.32 Å². The summed E-state index contributed by atoms with van der Waals surface area (Å²) in [6.07, 6.45) is 10.6. The van der Waals surface area contributed by atoms with Gasteiger partial charge >= 0.3 is 0 Å². The Bertz CT molecular complexity index is 182. The topological polar surface area (TPSA) is 12.0 Å². The van der Waals surface area contributed by atoms with Crippen molar-refractivity contribution in [1.82, 2.24) is 5.32 Å². The Morgan fingerprint density at radius 1 is 1.00 bits per heavy atom. The molecule has 0 radical (unpaired) electrons. The molecule has 0 spiro atoms. The summed E-state index contributed by atoms with van der Waals surface area (Å²) in [5, 5.41) is 3.62. The van der Waals surface area contributed by atoms with Crippen molar-refractivity contribution in [2.24, 2.45) is 17.8 Å². The van der Waals surface area contributed by atoms with E-state index in [2.05, 4.69) is 19.2 Å². The van der Waals surface area contributed by atoms with E-state index in [1.165, 1.54) is 51.5 Å². The molecule has 0 aromatic rings. The number of rotatable bonds is 4. The van der Waals surface area contributed by atoms with Gasteiger partial charge in [0.05, 0.1) is 0 Å². The highest BCUT2D eigenvalue weighted by molar-refractivity contribution is 4.88. The molecule has 0 heterocycles. The van der Waals surface area contributed by atoms with Gasteiger partial charge in [-0.3, -0.25) is 0 Å². The second-order valence-electron chi connectivity index (χ2n) is 5.96. The van der Waals surface area contributed by atoms with Crippen molar-refractivity contribution in [2.45, 2.75) is 64.8 Å². The molecular weight excluding hydrogens is 182 g/mol. The Labute approximate surface area is 95.0 Å². The highest BCUT2D eigenvalue weighted by atomic mass is 14.9. The van der Waals surface area contributed by atoms with Crippen molar-refractivity contribution in [2.75, 3.05) is 6.54 Å². The van der Waals surface area contributed by atoms with Crippen LogP contribution in [0.3, 0.4) is 0 Å². The molecule has 1 heteroatoms. The van der Waals surface area contributed by atoms with Crippen LogP contribution in [-0.2, 0) is 0 Å². The average Bonchev–Trinajstić information content (AvgIpc) is 2.17. The number of nitrogens with one attached hydrogen (secondary N) is 1. The largest absolute Gasteiger partial charge is 0.314 e. The minimum atomic E-state index is 0.664. The van der Waals surface area contributed by atoms with Gasteiger partial charge < -0.3 is 5.32 Å². The van der Waals surface area contributed by atoms with E-state index in [1.54, 1.807) is 0 Å². The first-order valence-corrected chi connectivity index (χ1v) is 7.00. The molecule has 15 heavy (non-hydrogen) atoms. The smallest absolute Gasteiger partial charge is 0.00104 e. The van der Waals surface area contributed by atoms with Gasteiger partial charge in [-0.05, 0) is 37.1 Å². The Kier molecular flexibility index (Phi) is 4.07. The highest BCUT2D eigenvalue weighted by Crippen LogP contribution is 2.44. The molecule has 2 unspecified atom stereocenters. The fourth-order valence-electron chi connectivity index (χ4n) is 3.42. The second-order valence-corrected chi connectivity index (χ2v) is 5.96. The van der Waals surface area contributed by atoms with Gasteiger partial charge in [-0.15, -0.1) is 0 Å². The van der Waals surface area contributed by atoms with Crippen molar-refractivity contribution >= 4 is 0 Å². The standard InChI is InChI=1S/C14H27N/c1-11(2)15-10-13-8-9-14(13)12-6-4-3-5-7-12/h11-15H,3-10H2,1-2H3. The van der Waals surface area contributed by atoms with Gasteiger partial charge in [-0.1, -0.05) is 46.0 Å². The van der Waals surface area contributed by atoms with Crippen LogP contribution in [0.5, 0.6) is 0 Å². The summed E-state index contributed by atoms with van der Waals surface area (Å²) in [4.78, 5) is 0. The molecule has 2 aliphatic rings. The summed E-state index contributed by atoms with van der Waals surface area (Å²) in [6, 6.07) is 0.664. The first kappa shape index (κ1) is 11.4. The predicted molar refractivity (Wildman–Crippen MR) is 65.9 cm³/mol. The molecule has 2 aliphatic carbocycles. The van der Waals surface area contributed by atoms with Crippen LogP contribution in [0.1, 0.15) is 58.8 Å². The zero-order valence-electron chi connectivity index (χ0n) is 10.5. The summed E-state index contributed by atoms with van der Waals surface area (Å²) in [7, 11) is 0. The monoisotopic (exact) mass is 209 g/mol. The Balaban J connectivity index is 1.73. The van der Waals surface area contributed by atoms with E-state index in [0.717, 1.165) is 17.8 Å². The fourth-order valence-corrected chi connectivity index (χ4v) is 3.42. The molecule has 2 atom stereocenters. The summed E-state index contributed by atoms with van der Waals surface area (Å²) in [6.45, 7) is 5.79. The molecule has 0 saturated heterocycles. The van der Waals surface area contributed by atoms with Crippen molar-refractivity contribution in [3.63, 3.8) is 0 Å². The van der Waals surface area contributed by atoms with Crippen LogP contribution in [0.2, 0.25) is 0 Å². The SMILES string of the molecule is CC(C)NCC1CCC1C1CCCCC1. The van der Waals surface area contributed by atoms with Gasteiger partial charge in [0.25, 0.3) is 0 Å². The van der Waals surface area contributed by atoms with E-state index < -0.39 is 0 Å². The van der Waals surface area contributed by atoms with E-state index in [9.17, 15) is 0 Å². The molecule has 0 amide bonds. The first-order valence-electron chi connectivity index (χ1n) is 7.00. The molecule has 2 fully saturated rings. The van der Waals surface area contributed by atoms with E-state index in [1.807, 2.05) is 0 Å². The molecule has 88 valence electrons. The maximum Gasteiger partial charge on any atom is 0.00104 e. The van der Waals surface area contributed by atoms with Crippen LogP contribution in [-0.4, -0.2) is 12.6 Å². The zero-order chi connectivity index (χ0) is 10.7. The van der Waals surface area contributed by atoms with Crippen molar-refractivity contribution in [3.8, 4) is 0 Å². The quantitative estimate of drug-likeness (QED) is 0.746. The van der Waals surface area contributed by atoms with Crippen LogP contribution in [0, 0.1) is 17.8 Å². The van der Waals surface area contributed by atoms with Gasteiger partial charge in [-0.2, -0.15) is 0 Å². The minimum absolute atomic E-state index is 0.664. The third-order valence-corrected chi connectivity index (χ3v) is 4.52. The third kappa shape index (κ3) is 2.96. The van der Waals surface area contributed by atoms with Gasteiger partial charge in [0, 0.05) is 6.04 Å². The lowest BCUT2D eigenvalue weighted by Crippen LogP contribution is -2.41. The van der Waals surface area contributed by atoms with Crippen LogP contribution in [0.15, 0.2) is 0 Å². The van der Waals surface area contributed by atoms with E-state index >= 15 is 0 Å². The fraction of sp³-hybridized carbons (Fsp3) is 1.00. The van der Waals surface area contributed by atoms with Crippen molar-refractivity contribution in [1.29, 1.82) is 0 Å². The maximum absolute atomic E-state index is 3.62. The van der Waals surface area contributed by atoms with E-state index in [-0.39, 0.29) is 0 Å². The lowest BCUT2D eigenvalue weighted by atomic mass is 9.63. The third-order valence-electron chi connectivity index (χ3n) is 4.52. The minimum Gasteiger partial charge on any atom is -0.314 e. The van der Waals surface area contributed by atoms with Gasteiger partial charge in [0.2, 0.25) is 0 Å². The first-order chi connectivity index (χ1) is 7.27. The molecule has 1 N–H and O–H groups in total. The maximum atomic E-state index is 3.62. The lowest BCUT2D eigenvalue weighted by molar-refractivity contribution is 0.0772. The van der Waals surface area contributed by atoms with Gasteiger partial charge in [-0.25, -0.2) is 0 Å². The Morgan fingerprint density at radius 3 is 2.27 bits per heavy atom. The van der Waals surface area contributed by atoms with Crippen molar-refractivity contribution in [3.05, 3.63) is 0 Å². The predicted octanol–water partition coefficient (Wildman–Crippen LogP) is 3.59. The summed E-state index contributed by atoms with van der Waals surface area (Å²) < 4.78 is 0. The number of hydrogen-bond acceptors (Lipinski definition) is 1. The van der Waals surface area contributed by atoms with Crippen LogP contribution in [0.4, 0.5) is 0 Å². The average molecular weight is 209 g/mol. The Morgan fingerprint density at radius 2 is 1.73 bits per heavy atom. The van der Waals surface area contributed by atoms with Crippen LogP contribution >= 0.6 is 0 Å². The number of hydrogen-bond donors (Lipinski definition) is 1. The molecule has 0 bridgehead atoms.